The minimum absolute atomic E-state index is 0.192. The van der Waals surface area contributed by atoms with Gasteiger partial charge in [0.25, 0.3) is 17.7 Å². The lowest BCUT2D eigenvalue weighted by Crippen LogP contribution is -2.27. The van der Waals surface area contributed by atoms with Crippen LogP contribution in [0.5, 0.6) is 0 Å². The molecule has 2 aromatic carbocycles. The van der Waals surface area contributed by atoms with Gasteiger partial charge in [-0.1, -0.05) is 40.2 Å². The van der Waals surface area contributed by atoms with Crippen LogP contribution in [-0.2, 0) is 9.59 Å². The predicted molar refractivity (Wildman–Crippen MR) is 126 cm³/mol. The summed E-state index contributed by atoms with van der Waals surface area (Å²) < 4.78 is 0.903. The van der Waals surface area contributed by atoms with Gasteiger partial charge in [-0.05, 0) is 62.5 Å². The van der Waals surface area contributed by atoms with E-state index < -0.39 is 0 Å². The highest BCUT2D eigenvalue weighted by molar-refractivity contribution is 9.10. The van der Waals surface area contributed by atoms with Crippen molar-refractivity contribution in [1.82, 2.24) is 20.9 Å². The maximum Gasteiger partial charge on any atom is 0.258 e. The molecule has 32 heavy (non-hydrogen) atoms. The summed E-state index contributed by atoms with van der Waals surface area (Å²) in [5, 5.41) is 8.55. The average molecular weight is 495 g/mol. The van der Waals surface area contributed by atoms with Crippen molar-refractivity contribution in [3.05, 3.63) is 80.8 Å². The van der Waals surface area contributed by atoms with Crippen LogP contribution in [0.3, 0.4) is 0 Å². The van der Waals surface area contributed by atoms with Crippen LogP contribution in [0.25, 0.3) is 11.4 Å². The van der Waals surface area contributed by atoms with Crippen LogP contribution in [0, 0.1) is 0 Å². The van der Waals surface area contributed by atoms with E-state index in [1.165, 1.54) is 0 Å². The van der Waals surface area contributed by atoms with Gasteiger partial charge in [0.15, 0.2) is 0 Å². The molecule has 2 heterocycles. The van der Waals surface area contributed by atoms with Crippen molar-refractivity contribution in [3.8, 4) is 0 Å². The molecule has 0 radical (unpaired) electrons. The van der Waals surface area contributed by atoms with Crippen LogP contribution < -0.4 is 16.0 Å². The molecule has 0 aliphatic carbocycles. The van der Waals surface area contributed by atoms with Crippen LogP contribution >= 0.6 is 15.9 Å². The largest absolute Gasteiger partial charge is 0.352 e. The number of carbonyl (C=O) groups is 3. The van der Waals surface area contributed by atoms with E-state index in [1.54, 1.807) is 24.3 Å². The quantitative estimate of drug-likeness (QED) is 0.515. The van der Waals surface area contributed by atoms with Crippen molar-refractivity contribution in [2.24, 2.45) is 0 Å². The second-order valence-corrected chi connectivity index (χ2v) is 8.82. The maximum absolute atomic E-state index is 12.8. The van der Waals surface area contributed by atoms with Gasteiger partial charge in [0, 0.05) is 16.6 Å². The Balaban J connectivity index is 1.63. The van der Waals surface area contributed by atoms with Gasteiger partial charge in [0.1, 0.15) is 0 Å². The van der Waals surface area contributed by atoms with Gasteiger partial charge < -0.3 is 20.9 Å². The van der Waals surface area contributed by atoms with Crippen LogP contribution in [-0.4, -0.2) is 49.8 Å². The van der Waals surface area contributed by atoms with Crippen molar-refractivity contribution in [2.45, 2.75) is 6.42 Å². The van der Waals surface area contributed by atoms with E-state index in [0.717, 1.165) is 23.0 Å². The van der Waals surface area contributed by atoms with Gasteiger partial charge in [-0.2, -0.15) is 0 Å². The van der Waals surface area contributed by atoms with Gasteiger partial charge in [-0.3, -0.25) is 14.4 Å². The topological polar surface area (TPSA) is 90.5 Å². The summed E-state index contributed by atoms with van der Waals surface area (Å²) in [4.78, 5) is 40.2. The molecule has 0 spiro atoms. The molecule has 3 amide bonds. The molecular formula is C24H23BrN4O3. The molecule has 7 nitrogen and oxygen atoms in total. The second kappa shape index (κ2) is 9.10. The Morgan fingerprint density at radius 3 is 2.19 bits per heavy atom. The van der Waals surface area contributed by atoms with Crippen molar-refractivity contribution in [1.29, 1.82) is 0 Å². The molecule has 3 N–H and O–H groups in total. The fourth-order valence-corrected chi connectivity index (χ4v) is 4.01. The molecule has 4 rings (SSSR count). The summed E-state index contributed by atoms with van der Waals surface area (Å²) in [5.74, 6) is -0.877. The Morgan fingerprint density at radius 2 is 1.56 bits per heavy atom. The summed E-state index contributed by atoms with van der Waals surface area (Å²) in [6.07, 6.45) is 0.844. The second-order valence-electron chi connectivity index (χ2n) is 7.91. The molecule has 0 bridgehead atoms. The molecule has 0 saturated carbocycles. The van der Waals surface area contributed by atoms with E-state index in [4.69, 9.17) is 0 Å². The van der Waals surface area contributed by atoms with Crippen molar-refractivity contribution < 1.29 is 14.4 Å². The summed E-state index contributed by atoms with van der Waals surface area (Å²) in [5.41, 5.74) is 3.35. The molecule has 0 aromatic heterocycles. The summed E-state index contributed by atoms with van der Waals surface area (Å²) in [6.45, 7) is 1.45. The summed E-state index contributed by atoms with van der Waals surface area (Å²) >= 11 is 3.39. The summed E-state index contributed by atoms with van der Waals surface area (Å²) in [7, 11) is 3.97. The number of hydrogen-bond acceptors (Lipinski definition) is 4. The molecule has 8 heteroatoms. The van der Waals surface area contributed by atoms with Crippen LogP contribution in [0.2, 0.25) is 0 Å². The number of fused-ring (bicyclic) bond motifs is 1. The molecule has 0 unspecified atom stereocenters. The first-order valence-corrected chi connectivity index (χ1v) is 11.1. The monoisotopic (exact) mass is 494 g/mol. The number of hydrogen-bond donors (Lipinski definition) is 3. The number of nitrogens with one attached hydrogen (secondary N) is 3. The molecule has 2 aromatic rings. The molecule has 2 aliphatic rings. The van der Waals surface area contributed by atoms with E-state index in [9.17, 15) is 14.4 Å². The third-order valence-electron chi connectivity index (χ3n) is 5.30. The normalized spacial score (nSPS) is 15.2. The van der Waals surface area contributed by atoms with Crippen LogP contribution in [0.4, 0.5) is 0 Å². The van der Waals surface area contributed by atoms with Crippen molar-refractivity contribution >= 4 is 45.0 Å². The Morgan fingerprint density at radius 1 is 0.938 bits per heavy atom. The highest BCUT2D eigenvalue weighted by Gasteiger charge is 2.40. The van der Waals surface area contributed by atoms with E-state index in [2.05, 4.69) is 36.8 Å². The minimum Gasteiger partial charge on any atom is -0.352 e. The van der Waals surface area contributed by atoms with E-state index in [-0.39, 0.29) is 17.7 Å². The highest BCUT2D eigenvalue weighted by atomic mass is 79.9. The van der Waals surface area contributed by atoms with Crippen molar-refractivity contribution in [3.63, 3.8) is 0 Å². The fourth-order valence-electron chi connectivity index (χ4n) is 3.75. The number of nitrogens with zero attached hydrogens (tertiary/aromatic N) is 1. The van der Waals surface area contributed by atoms with Crippen molar-refractivity contribution in [2.75, 3.05) is 27.2 Å². The first-order chi connectivity index (χ1) is 15.3. The standard InChI is InChI=1S/C24H23BrN4O3/c1-29(2)12-4-11-26-22(30)16-6-3-5-15(13-16)21-19-18(23(31)28-21)20(27-24(19)32)14-7-9-17(25)10-8-14/h3,5-10,13H,4,11-12H2,1-2H3,(H,26,30)(H,27,32)(H,28,31). The maximum atomic E-state index is 12.8. The molecule has 2 aliphatic heterocycles. The smallest absolute Gasteiger partial charge is 0.258 e. The number of rotatable bonds is 7. The molecule has 164 valence electrons. The third kappa shape index (κ3) is 4.37. The zero-order valence-electron chi connectivity index (χ0n) is 17.8. The predicted octanol–water partition coefficient (Wildman–Crippen LogP) is 2.51. The first kappa shape index (κ1) is 22.0. The van der Waals surface area contributed by atoms with Gasteiger partial charge >= 0.3 is 0 Å². The molecule has 0 saturated heterocycles. The number of amides is 3. The van der Waals surface area contributed by atoms with Crippen LogP contribution in [0.15, 0.2) is 64.1 Å². The third-order valence-corrected chi connectivity index (χ3v) is 5.82. The van der Waals surface area contributed by atoms with Gasteiger partial charge in [0.05, 0.1) is 22.5 Å². The van der Waals surface area contributed by atoms with E-state index in [0.29, 0.717) is 40.2 Å². The number of benzene rings is 2. The lowest BCUT2D eigenvalue weighted by molar-refractivity contribution is -0.117. The highest BCUT2D eigenvalue weighted by Crippen LogP contribution is 2.37. The Kier molecular flexibility index (Phi) is 6.25. The zero-order valence-corrected chi connectivity index (χ0v) is 19.4. The SMILES string of the molecule is CN(C)CCCNC(=O)c1cccc(C2=C3C(=O)NC(c4ccc(Br)cc4)=C3C(=O)N2)c1. The Labute approximate surface area is 194 Å². The molecule has 0 fully saturated rings. The van der Waals surface area contributed by atoms with E-state index >= 15 is 0 Å². The molecule has 0 atom stereocenters. The fraction of sp³-hybridized carbons (Fsp3) is 0.208. The van der Waals surface area contributed by atoms with Gasteiger partial charge in [0.2, 0.25) is 0 Å². The lowest BCUT2D eigenvalue weighted by atomic mass is 10.0. The zero-order chi connectivity index (χ0) is 22.8. The average Bonchev–Trinajstić information content (AvgIpc) is 3.30. The summed E-state index contributed by atoms with van der Waals surface area (Å²) in [6, 6.07) is 14.3. The molecular weight excluding hydrogens is 472 g/mol. The first-order valence-electron chi connectivity index (χ1n) is 10.3. The van der Waals surface area contributed by atoms with Gasteiger partial charge in [-0.25, -0.2) is 0 Å². The van der Waals surface area contributed by atoms with E-state index in [1.807, 2.05) is 38.4 Å². The number of halogens is 1. The van der Waals surface area contributed by atoms with Gasteiger partial charge in [-0.15, -0.1) is 0 Å². The Hall–Kier alpha value is -3.23. The minimum atomic E-state index is -0.343. The Bertz CT molecular complexity index is 1170. The number of carbonyl (C=O) groups excluding carboxylic acids is 3. The van der Waals surface area contributed by atoms with Crippen LogP contribution in [0.1, 0.15) is 27.9 Å². The lowest BCUT2D eigenvalue weighted by Gasteiger charge is -2.11.